The van der Waals surface area contributed by atoms with Gasteiger partial charge in [-0.25, -0.2) is 0 Å². The number of alkyl halides is 4. The van der Waals surface area contributed by atoms with Gasteiger partial charge in [0.05, 0.1) is 6.54 Å². The van der Waals surface area contributed by atoms with Crippen LogP contribution in [0.5, 0.6) is 0 Å². The van der Waals surface area contributed by atoms with E-state index in [1.807, 2.05) is 0 Å². The highest BCUT2D eigenvalue weighted by atomic mass is 79.9. The van der Waals surface area contributed by atoms with Crippen LogP contribution in [-0.2, 0) is 0 Å². The maximum Gasteiger partial charge on any atom is 0.401 e. The normalized spacial score (nSPS) is 13.8. The van der Waals surface area contributed by atoms with E-state index in [1.54, 1.807) is 6.92 Å². The van der Waals surface area contributed by atoms with Gasteiger partial charge in [-0.1, -0.05) is 27.5 Å². The van der Waals surface area contributed by atoms with E-state index in [1.165, 1.54) is 10.4 Å². The van der Waals surface area contributed by atoms with Crippen LogP contribution in [0.3, 0.4) is 0 Å². The molecule has 0 spiro atoms. The van der Waals surface area contributed by atoms with E-state index in [-0.39, 0.29) is 6.54 Å². The second kappa shape index (κ2) is 6.69. The molecule has 0 saturated heterocycles. The van der Waals surface area contributed by atoms with Gasteiger partial charge in [0.25, 0.3) is 0 Å². The van der Waals surface area contributed by atoms with Gasteiger partial charge < -0.3 is 0 Å². The van der Waals surface area contributed by atoms with E-state index >= 15 is 0 Å². The highest BCUT2D eigenvalue weighted by Gasteiger charge is 2.30. The van der Waals surface area contributed by atoms with Crippen LogP contribution in [0, 0.1) is 0 Å². The third-order valence-corrected chi connectivity index (χ3v) is 2.19. The Morgan fingerprint density at radius 1 is 1.50 bits per heavy atom. The summed E-state index contributed by atoms with van der Waals surface area (Å²) in [6.07, 6.45) is -4.16. The summed E-state index contributed by atoms with van der Waals surface area (Å²) in [5.74, 6) is 0. The van der Waals surface area contributed by atoms with E-state index in [0.717, 1.165) is 5.57 Å². The Labute approximate surface area is 95.0 Å². The van der Waals surface area contributed by atoms with Gasteiger partial charge >= 0.3 is 6.18 Å². The molecule has 0 unspecified atom stereocenters. The summed E-state index contributed by atoms with van der Waals surface area (Å²) in [5, 5.41) is 0.513. The first-order valence-electron chi connectivity index (χ1n) is 4.00. The standard InChI is InChI=1S/C8H12BrClF3N/c1-7(4-10)5-14(3-2-9)6-8(11,12)13/h4H,2-3,5-6H2,1H3. The van der Waals surface area contributed by atoms with Crippen LogP contribution >= 0.6 is 27.5 Å². The van der Waals surface area contributed by atoms with Crippen molar-refractivity contribution in [2.45, 2.75) is 13.1 Å². The lowest BCUT2D eigenvalue weighted by Crippen LogP contribution is -2.36. The zero-order valence-corrected chi connectivity index (χ0v) is 10.1. The summed E-state index contributed by atoms with van der Waals surface area (Å²) in [6, 6.07) is 0. The van der Waals surface area contributed by atoms with Gasteiger partial charge in [0.1, 0.15) is 0 Å². The Morgan fingerprint density at radius 2 is 2.07 bits per heavy atom. The predicted molar refractivity (Wildman–Crippen MR) is 55.9 cm³/mol. The fraction of sp³-hybridized carbons (Fsp3) is 0.750. The largest absolute Gasteiger partial charge is 0.401 e. The highest BCUT2D eigenvalue weighted by Crippen LogP contribution is 2.17. The SMILES string of the molecule is CC(=CCl)CN(CCBr)CC(F)(F)F. The van der Waals surface area contributed by atoms with E-state index in [0.29, 0.717) is 11.9 Å². The first kappa shape index (κ1) is 14.3. The summed E-state index contributed by atoms with van der Waals surface area (Å²) in [5.41, 5.74) is 2.02. The van der Waals surface area contributed by atoms with Crippen LogP contribution in [-0.4, -0.2) is 36.0 Å². The molecule has 0 rings (SSSR count). The van der Waals surface area contributed by atoms with E-state index < -0.39 is 12.7 Å². The number of hydrogen-bond donors (Lipinski definition) is 0. The van der Waals surface area contributed by atoms with Gasteiger partial charge in [-0.15, -0.1) is 0 Å². The predicted octanol–water partition coefficient (Wildman–Crippen LogP) is 3.39. The lowest BCUT2D eigenvalue weighted by molar-refractivity contribution is -0.144. The first-order chi connectivity index (χ1) is 6.39. The van der Waals surface area contributed by atoms with E-state index in [4.69, 9.17) is 11.6 Å². The molecule has 0 aromatic rings. The molecule has 0 aliphatic rings. The molecule has 14 heavy (non-hydrogen) atoms. The fourth-order valence-corrected chi connectivity index (χ4v) is 1.54. The Bertz CT molecular complexity index is 194. The van der Waals surface area contributed by atoms with Crippen LogP contribution in [0.15, 0.2) is 11.1 Å². The molecule has 0 aromatic carbocycles. The van der Waals surface area contributed by atoms with Crippen LogP contribution in [0.1, 0.15) is 6.92 Å². The minimum Gasteiger partial charge on any atom is -0.290 e. The lowest BCUT2D eigenvalue weighted by Gasteiger charge is -2.22. The average molecular weight is 295 g/mol. The molecule has 0 aliphatic carbocycles. The van der Waals surface area contributed by atoms with Gasteiger partial charge in [-0.3, -0.25) is 4.90 Å². The molecule has 0 N–H and O–H groups in total. The van der Waals surface area contributed by atoms with Crippen molar-refractivity contribution in [3.8, 4) is 0 Å². The minimum atomic E-state index is -4.16. The number of rotatable bonds is 5. The van der Waals surface area contributed by atoms with Gasteiger partial charge in [-0.05, 0) is 12.5 Å². The second-order valence-electron chi connectivity index (χ2n) is 2.97. The zero-order valence-electron chi connectivity index (χ0n) is 7.74. The smallest absolute Gasteiger partial charge is 0.290 e. The topological polar surface area (TPSA) is 3.24 Å². The molecular formula is C8H12BrClF3N. The number of nitrogens with zero attached hydrogens (tertiary/aromatic N) is 1. The summed E-state index contributed by atoms with van der Waals surface area (Å²) < 4.78 is 36.2. The Morgan fingerprint density at radius 3 is 2.43 bits per heavy atom. The van der Waals surface area contributed by atoms with Crippen LogP contribution in [0.4, 0.5) is 13.2 Å². The molecule has 0 aromatic heterocycles. The molecule has 0 fully saturated rings. The molecule has 84 valence electrons. The Balaban J connectivity index is 4.15. The van der Waals surface area contributed by atoms with Crippen molar-refractivity contribution in [2.75, 3.05) is 25.0 Å². The molecule has 0 heterocycles. The average Bonchev–Trinajstić information content (AvgIpc) is 2.01. The quantitative estimate of drug-likeness (QED) is 0.703. The maximum absolute atomic E-state index is 12.1. The van der Waals surface area contributed by atoms with Gasteiger partial charge in [0, 0.05) is 24.0 Å². The third-order valence-electron chi connectivity index (χ3n) is 1.46. The Hall–Kier alpha value is 0.260. The summed E-state index contributed by atoms with van der Waals surface area (Å²) in [6.45, 7) is 1.39. The molecule has 0 amide bonds. The zero-order chi connectivity index (χ0) is 11.2. The Kier molecular flexibility index (Phi) is 6.81. The lowest BCUT2D eigenvalue weighted by atomic mass is 10.3. The second-order valence-corrected chi connectivity index (χ2v) is 3.98. The van der Waals surface area contributed by atoms with Gasteiger partial charge in [0.2, 0.25) is 0 Å². The van der Waals surface area contributed by atoms with Crippen molar-refractivity contribution >= 4 is 27.5 Å². The first-order valence-corrected chi connectivity index (χ1v) is 5.55. The highest BCUT2D eigenvalue weighted by molar-refractivity contribution is 9.09. The van der Waals surface area contributed by atoms with Gasteiger partial charge in [0.15, 0.2) is 0 Å². The molecule has 0 aliphatic heterocycles. The fourth-order valence-electron chi connectivity index (χ4n) is 0.974. The van der Waals surface area contributed by atoms with Gasteiger partial charge in [-0.2, -0.15) is 13.2 Å². The van der Waals surface area contributed by atoms with Crippen molar-refractivity contribution in [1.29, 1.82) is 0 Å². The summed E-state index contributed by atoms with van der Waals surface area (Å²) >= 11 is 8.49. The molecule has 0 bridgehead atoms. The van der Waals surface area contributed by atoms with Crippen LogP contribution in [0.2, 0.25) is 0 Å². The number of halogens is 5. The minimum absolute atomic E-state index is 0.245. The molecule has 6 heteroatoms. The molecule has 0 saturated carbocycles. The van der Waals surface area contributed by atoms with E-state index in [9.17, 15) is 13.2 Å². The van der Waals surface area contributed by atoms with Crippen LogP contribution in [0.25, 0.3) is 0 Å². The molecule has 0 radical (unpaired) electrons. The van der Waals surface area contributed by atoms with Crippen molar-refractivity contribution in [2.24, 2.45) is 0 Å². The molecule has 0 atom stereocenters. The van der Waals surface area contributed by atoms with Crippen molar-refractivity contribution < 1.29 is 13.2 Å². The summed E-state index contributed by atoms with van der Waals surface area (Å²) in [7, 11) is 0. The van der Waals surface area contributed by atoms with Crippen molar-refractivity contribution in [1.82, 2.24) is 4.90 Å². The maximum atomic E-state index is 12.1. The number of hydrogen-bond acceptors (Lipinski definition) is 1. The van der Waals surface area contributed by atoms with E-state index in [2.05, 4.69) is 15.9 Å². The molecule has 1 nitrogen and oxygen atoms in total. The van der Waals surface area contributed by atoms with Crippen LogP contribution < -0.4 is 0 Å². The third kappa shape index (κ3) is 7.64. The summed E-state index contributed by atoms with van der Waals surface area (Å²) in [4.78, 5) is 1.29. The monoisotopic (exact) mass is 293 g/mol. The van der Waals surface area contributed by atoms with Crippen molar-refractivity contribution in [3.05, 3.63) is 11.1 Å². The molecular weight excluding hydrogens is 282 g/mol. The van der Waals surface area contributed by atoms with Crippen molar-refractivity contribution in [3.63, 3.8) is 0 Å².